The fourth-order valence-corrected chi connectivity index (χ4v) is 4.36. The topological polar surface area (TPSA) is 95.0 Å². The molecule has 0 spiro atoms. The number of hydrogen-bond acceptors (Lipinski definition) is 6. The summed E-state index contributed by atoms with van der Waals surface area (Å²) < 4.78 is 15.1. The van der Waals surface area contributed by atoms with Gasteiger partial charge in [-0.2, -0.15) is 5.10 Å². The second-order valence-electron chi connectivity index (χ2n) is 8.83. The van der Waals surface area contributed by atoms with Crippen LogP contribution in [0.1, 0.15) is 23.2 Å². The Morgan fingerprint density at radius 1 is 1.18 bits per heavy atom. The van der Waals surface area contributed by atoms with Crippen LogP contribution in [0, 0.1) is 5.82 Å². The highest BCUT2D eigenvalue weighted by atomic mass is 19.1. The van der Waals surface area contributed by atoms with Crippen LogP contribution >= 0.6 is 0 Å². The van der Waals surface area contributed by atoms with E-state index < -0.39 is 0 Å². The van der Waals surface area contributed by atoms with Crippen molar-refractivity contribution in [1.82, 2.24) is 29.6 Å². The molecule has 4 heterocycles. The van der Waals surface area contributed by atoms with Gasteiger partial charge in [0, 0.05) is 44.5 Å². The van der Waals surface area contributed by atoms with Crippen LogP contribution in [0.25, 0.3) is 22.6 Å². The zero-order valence-corrected chi connectivity index (χ0v) is 19.4. The third-order valence-corrected chi connectivity index (χ3v) is 6.34. The smallest absolute Gasteiger partial charge is 0.258 e. The second kappa shape index (κ2) is 8.86. The summed E-state index contributed by atoms with van der Waals surface area (Å²) in [6, 6.07) is 10.4. The van der Waals surface area contributed by atoms with E-state index in [0.29, 0.717) is 34.5 Å². The molecule has 1 aliphatic heterocycles. The first-order chi connectivity index (χ1) is 16.4. The number of nitrogens with zero attached hydrogens (tertiary/aromatic N) is 6. The summed E-state index contributed by atoms with van der Waals surface area (Å²) in [5, 5.41) is 7.19. The number of pyridine rings is 1. The van der Waals surface area contributed by atoms with Gasteiger partial charge in [-0.05, 0) is 51.2 Å². The molecule has 1 saturated heterocycles. The van der Waals surface area contributed by atoms with Crippen LogP contribution in [-0.4, -0.2) is 68.8 Å². The molecule has 2 N–H and O–H groups in total. The molecule has 34 heavy (non-hydrogen) atoms. The molecule has 0 aliphatic carbocycles. The van der Waals surface area contributed by atoms with E-state index in [2.05, 4.69) is 49.3 Å². The van der Waals surface area contributed by atoms with Crippen LogP contribution in [0.2, 0.25) is 0 Å². The maximum absolute atomic E-state index is 13.5. The number of aromatic nitrogens is 5. The zero-order valence-electron chi connectivity index (χ0n) is 19.4. The number of benzene rings is 1. The normalized spacial score (nSPS) is 14.8. The standard InChI is InChI=1S/C24H27FN8O/c1-31(2)17-8-10-33(11-9-17)22-7-4-15(14-26-22)24(34)29-21-13-20(32(3)30-21)23-27-18-6-5-16(25)12-19(18)28-23/h4-7,12-14,17H,8-11H2,1-3H3,(H,27,28)(H,29,30,34). The van der Waals surface area contributed by atoms with Crippen molar-refractivity contribution in [2.24, 2.45) is 7.05 Å². The highest BCUT2D eigenvalue weighted by Gasteiger charge is 2.22. The third kappa shape index (κ3) is 4.36. The number of imidazole rings is 1. The summed E-state index contributed by atoms with van der Waals surface area (Å²) in [6.07, 6.45) is 3.79. The van der Waals surface area contributed by atoms with Crippen LogP contribution in [0.4, 0.5) is 16.0 Å². The zero-order chi connectivity index (χ0) is 23.8. The summed E-state index contributed by atoms with van der Waals surface area (Å²) in [6.45, 7) is 1.90. The minimum Gasteiger partial charge on any atom is -0.357 e. The Morgan fingerprint density at radius 2 is 1.97 bits per heavy atom. The predicted octanol–water partition coefficient (Wildman–Crippen LogP) is 3.28. The number of rotatable bonds is 5. The van der Waals surface area contributed by atoms with Gasteiger partial charge in [-0.15, -0.1) is 0 Å². The van der Waals surface area contributed by atoms with Crippen LogP contribution in [0.5, 0.6) is 0 Å². The van der Waals surface area contributed by atoms with Gasteiger partial charge in [0.2, 0.25) is 0 Å². The van der Waals surface area contributed by atoms with Crippen molar-refractivity contribution >= 4 is 28.6 Å². The van der Waals surface area contributed by atoms with E-state index in [0.717, 1.165) is 37.3 Å². The molecule has 5 rings (SSSR count). The van der Waals surface area contributed by atoms with Crippen molar-refractivity contribution in [3.63, 3.8) is 0 Å². The summed E-state index contributed by atoms with van der Waals surface area (Å²) in [5.74, 6) is 1.18. The SMILES string of the molecule is CN(C)C1CCN(c2ccc(C(=O)Nc3cc(-c4nc5cc(F)ccc5[nH]4)n(C)n3)cn2)CC1. The Hall–Kier alpha value is -3.79. The van der Waals surface area contributed by atoms with Gasteiger partial charge in [-0.1, -0.05) is 0 Å². The van der Waals surface area contributed by atoms with Gasteiger partial charge in [0.25, 0.3) is 5.91 Å². The molecular weight excluding hydrogens is 435 g/mol. The van der Waals surface area contributed by atoms with Gasteiger partial charge in [0.05, 0.1) is 16.6 Å². The molecule has 0 radical (unpaired) electrons. The van der Waals surface area contributed by atoms with Crippen molar-refractivity contribution in [2.45, 2.75) is 18.9 Å². The first kappa shape index (κ1) is 22.0. The number of anilines is 2. The number of carbonyl (C=O) groups excluding carboxylic acids is 1. The second-order valence-corrected chi connectivity index (χ2v) is 8.83. The molecule has 9 nitrogen and oxygen atoms in total. The van der Waals surface area contributed by atoms with E-state index in [-0.39, 0.29) is 11.7 Å². The number of carbonyl (C=O) groups is 1. The molecule has 1 aromatic carbocycles. The molecule has 1 aliphatic rings. The lowest BCUT2D eigenvalue weighted by Crippen LogP contribution is -2.42. The van der Waals surface area contributed by atoms with Gasteiger partial charge >= 0.3 is 0 Å². The molecule has 0 saturated carbocycles. The average Bonchev–Trinajstić information content (AvgIpc) is 3.41. The Kier molecular flexibility index (Phi) is 5.74. The van der Waals surface area contributed by atoms with Crippen molar-refractivity contribution in [2.75, 3.05) is 37.4 Å². The predicted molar refractivity (Wildman–Crippen MR) is 129 cm³/mol. The molecule has 0 unspecified atom stereocenters. The van der Waals surface area contributed by atoms with E-state index in [9.17, 15) is 9.18 Å². The summed E-state index contributed by atoms with van der Waals surface area (Å²) in [5.41, 5.74) is 2.37. The fourth-order valence-electron chi connectivity index (χ4n) is 4.36. The lowest BCUT2D eigenvalue weighted by molar-refractivity contribution is 0.102. The number of aromatic amines is 1. The van der Waals surface area contributed by atoms with E-state index in [1.54, 1.807) is 36.1 Å². The number of piperidine rings is 1. The van der Waals surface area contributed by atoms with Crippen molar-refractivity contribution in [3.05, 3.63) is 54.0 Å². The van der Waals surface area contributed by atoms with E-state index in [1.165, 1.54) is 12.1 Å². The first-order valence-corrected chi connectivity index (χ1v) is 11.3. The van der Waals surface area contributed by atoms with Crippen molar-refractivity contribution in [1.29, 1.82) is 0 Å². The Bertz CT molecular complexity index is 1320. The highest BCUT2D eigenvalue weighted by molar-refractivity contribution is 6.03. The Balaban J connectivity index is 1.26. The lowest BCUT2D eigenvalue weighted by Gasteiger charge is -2.35. The van der Waals surface area contributed by atoms with Crippen LogP contribution in [0.3, 0.4) is 0 Å². The monoisotopic (exact) mass is 462 g/mol. The van der Waals surface area contributed by atoms with Gasteiger partial charge < -0.3 is 20.1 Å². The number of nitrogens with one attached hydrogen (secondary N) is 2. The maximum atomic E-state index is 13.5. The molecule has 1 amide bonds. The molecule has 176 valence electrons. The molecule has 0 atom stereocenters. The van der Waals surface area contributed by atoms with E-state index in [1.807, 2.05) is 6.07 Å². The molecule has 1 fully saturated rings. The number of halogens is 1. The van der Waals surface area contributed by atoms with Gasteiger partial charge in [0.15, 0.2) is 11.6 Å². The van der Waals surface area contributed by atoms with Crippen LogP contribution < -0.4 is 10.2 Å². The van der Waals surface area contributed by atoms with Crippen molar-refractivity contribution in [3.8, 4) is 11.5 Å². The fraction of sp³-hybridized carbons (Fsp3) is 0.333. The number of hydrogen-bond donors (Lipinski definition) is 2. The maximum Gasteiger partial charge on any atom is 0.258 e. The third-order valence-electron chi connectivity index (χ3n) is 6.34. The van der Waals surface area contributed by atoms with Crippen molar-refractivity contribution < 1.29 is 9.18 Å². The molecule has 3 aromatic heterocycles. The molecule has 0 bridgehead atoms. The molecular formula is C24H27FN8O. The average molecular weight is 463 g/mol. The summed E-state index contributed by atoms with van der Waals surface area (Å²) in [4.78, 5) is 29.4. The van der Waals surface area contributed by atoms with Crippen LogP contribution in [0.15, 0.2) is 42.6 Å². The summed E-state index contributed by atoms with van der Waals surface area (Å²) in [7, 11) is 6.00. The number of aryl methyl sites for hydroxylation is 1. The Morgan fingerprint density at radius 3 is 2.68 bits per heavy atom. The minimum atomic E-state index is -0.346. The number of fused-ring (bicyclic) bond motifs is 1. The molecule has 4 aromatic rings. The molecule has 10 heteroatoms. The van der Waals surface area contributed by atoms with E-state index in [4.69, 9.17) is 0 Å². The minimum absolute atomic E-state index is 0.290. The van der Waals surface area contributed by atoms with Crippen LogP contribution in [-0.2, 0) is 7.05 Å². The lowest BCUT2D eigenvalue weighted by atomic mass is 10.0. The Labute approximate surface area is 196 Å². The first-order valence-electron chi connectivity index (χ1n) is 11.3. The summed E-state index contributed by atoms with van der Waals surface area (Å²) >= 11 is 0. The number of amides is 1. The van der Waals surface area contributed by atoms with E-state index >= 15 is 0 Å². The van der Waals surface area contributed by atoms with Gasteiger partial charge in [-0.3, -0.25) is 9.48 Å². The largest absolute Gasteiger partial charge is 0.357 e. The highest BCUT2D eigenvalue weighted by Crippen LogP contribution is 2.24. The van der Waals surface area contributed by atoms with Gasteiger partial charge in [0.1, 0.15) is 17.3 Å². The van der Waals surface area contributed by atoms with Gasteiger partial charge in [-0.25, -0.2) is 14.4 Å². The number of H-pyrrole nitrogens is 1. The quantitative estimate of drug-likeness (QED) is 0.473.